The molecule has 1 saturated carbocycles. The molecule has 0 spiro atoms. The van der Waals surface area contributed by atoms with Crippen molar-refractivity contribution < 1.29 is 27.8 Å². The Labute approximate surface area is 165 Å². The van der Waals surface area contributed by atoms with Crippen LogP contribution >= 0.6 is 0 Å². The first-order chi connectivity index (χ1) is 13.9. The molecule has 8 heteroatoms. The van der Waals surface area contributed by atoms with Gasteiger partial charge in [0.25, 0.3) is 0 Å². The zero-order valence-electron chi connectivity index (χ0n) is 15.4. The number of hydrogen-bond acceptors (Lipinski definition) is 5. The van der Waals surface area contributed by atoms with Gasteiger partial charge in [-0.1, -0.05) is 6.42 Å². The molecule has 1 aliphatic heterocycles. The van der Waals surface area contributed by atoms with Crippen molar-refractivity contribution in [3.63, 3.8) is 0 Å². The van der Waals surface area contributed by atoms with Crippen LogP contribution in [0.5, 0.6) is 17.2 Å². The van der Waals surface area contributed by atoms with Crippen LogP contribution < -0.4 is 14.8 Å². The van der Waals surface area contributed by atoms with Crippen LogP contribution in [-0.2, 0) is 6.54 Å². The van der Waals surface area contributed by atoms with Gasteiger partial charge in [0.2, 0.25) is 0 Å². The number of halogens is 3. The lowest BCUT2D eigenvalue weighted by Gasteiger charge is -2.26. The van der Waals surface area contributed by atoms with Gasteiger partial charge in [-0.2, -0.15) is 0 Å². The molecular weight excluding hydrogens is 385 g/mol. The molecule has 2 heterocycles. The maximum atomic E-state index is 13.8. The van der Waals surface area contributed by atoms with Crippen LogP contribution in [-0.4, -0.2) is 22.4 Å². The van der Waals surface area contributed by atoms with E-state index in [9.17, 15) is 13.2 Å². The molecular formula is C21H19F3N2O3. The highest BCUT2D eigenvalue weighted by atomic mass is 19.3. The minimum absolute atomic E-state index is 0.0715. The summed E-state index contributed by atoms with van der Waals surface area (Å²) in [5.41, 5.74) is 0.761. The molecule has 29 heavy (non-hydrogen) atoms. The molecule has 0 bridgehead atoms. The lowest BCUT2D eigenvalue weighted by atomic mass is 9.93. The number of ether oxygens (including phenoxy) is 2. The number of alkyl halides is 2. The van der Waals surface area contributed by atoms with Crippen molar-refractivity contribution in [1.29, 1.82) is 0 Å². The topological polar surface area (TPSA) is 63.6 Å². The van der Waals surface area contributed by atoms with Crippen molar-refractivity contribution in [1.82, 2.24) is 10.3 Å². The SMILES string of the molecule is Fc1ccc2cnccc2c1CNC1CCC1.Oc1ccc2c(c1)OC(F)(F)O2. The van der Waals surface area contributed by atoms with Crippen LogP contribution in [0.15, 0.2) is 48.8 Å². The van der Waals surface area contributed by atoms with Gasteiger partial charge < -0.3 is 19.9 Å². The minimum Gasteiger partial charge on any atom is -0.508 e. The number of phenols is 1. The highest BCUT2D eigenvalue weighted by Gasteiger charge is 2.43. The molecule has 3 aromatic rings. The number of nitrogens with zero attached hydrogens (tertiary/aromatic N) is 1. The predicted octanol–water partition coefficient (Wildman–Crippen LogP) is 4.73. The smallest absolute Gasteiger partial charge is 0.508 e. The van der Waals surface area contributed by atoms with Crippen molar-refractivity contribution in [3.05, 3.63) is 60.2 Å². The maximum Gasteiger partial charge on any atom is 0.586 e. The zero-order chi connectivity index (χ0) is 20.4. The molecule has 5 nitrogen and oxygen atoms in total. The molecule has 152 valence electrons. The second-order valence-corrected chi connectivity index (χ2v) is 6.93. The lowest BCUT2D eigenvalue weighted by Crippen LogP contribution is -2.34. The van der Waals surface area contributed by atoms with E-state index >= 15 is 0 Å². The third kappa shape index (κ3) is 4.37. The van der Waals surface area contributed by atoms with Crippen molar-refractivity contribution in [2.45, 2.75) is 38.1 Å². The van der Waals surface area contributed by atoms with Crippen LogP contribution in [0.1, 0.15) is 24.8 Å². The summed E-state index contributed by atoms with van der Waals surface area (Å²) in [7, 11) is 0. The number of hydrogen-bond donors (Lipinski definition) is 2. The Bertz CT molecular complexity index is 1030. The number of aromatic nitrogens is 1. The molecule has 1 aliphatic carbocycles. The third-order valence-corrected chi connectivity index (χ3v) is 4.93. The number of aromatic hydroxyl groups is 1. The fourth-order valence-electron chi connectivity index (χ4n) is 3.18. The van der Waals surface area contributed by atoms with E-state index in [-0.39, 0.29) is 23.1 Å². The van der Waals surface area contributed by atoms with Gasteiger partial charge in [-0.25, -0.2) is 4.39 Å². The zero-order valence-corrected chi connectivity index (χ0v) is 15.4. The Balaban J connectivity index is 0.000000150. The standard InChI is InChI=1S/C14H15FN2.C7H4F2O3/c15-14-5-4-10-8-16-7-6-12(10)13(14)9-17-11-2-1-3-11;8-7(9)11-5-2-1-4(10)3-6(5)12-7/h4-8,11,17H,1-3,9H2;1-3,10H. The van der Waals surface area contributed by atoms with Gasteiger partial charge in [0.05, 0.1) is 0 Å². The van der Waals surface area contributed by atoms with Crippen LogP contribution in [0.25, 0.3) is 10.8 Å². The molecule has 0 atom stereocenters. The van der Waals surface area contributed by atoms with Gasteiger partial charge >= 0.3 is 6.29 Å². The molecule has 0 unspecified atom stereocenters. The number of rotatable bonds is 3. The number of benzene rings is 2. The Morgan fingerprint density at radius 2 is 1.90 bits per heavy atom. The molecule has 5 rings (SSSR count). The summed E-state index contributed by atoms with van der Waals surface area (Å²) in [4.78, 5) is 4.06. The highest BCUT2D eigenvalue weighted by Crippen LogP contribution is 2.42. The Morgan fingerprint density at radius 1 is 1.10 bits per heavy atom. The molecule has 2 N–H and O–H groups in total. The normalized spacial score (nSPS) is 16.8. The molecule has 0 amide bonds. The third-order valence-electron chi connectivity index (χ3n) is 4.93. The molecule has 2 aliphatic rings. The van der Waals surface area contributed by atoms with E-state index in [2.05, 4.69) is 19.8 Å². The molecule has 1 aromatic heterocycles. The Kier molecular flexibility index (Phi) is 5.19. The van der Waals surface area contributed by atoms with Crippen molar-refractivity contribution in [2.75, 3.05) is 0 Å². The fourth-order valence-corrected chi connectivity index (χ4v) is 3.18. The van der Waals surface area contributed by atoms with Crippen LogP contribution in [0.2, 0.25) is 0 Å². The second kappa shape index (κ2) is 7.79. The second-order valence-electron chi connectivity index (χ2n) is 6.93. The van der Waals surface area contributed by atoms with E-state index in [0.717, 1.165) is 22.4 Å². The summed E-state index contributed by atoms with van der Waals surface area (Å²) in [5, 5.41) is 14.3. The van der Waals surface area contributed by atoms with Crippen LogP contribution in [0, 0.1) is 5.82 Å². The summed E-state index contributed by atoms with van der Waals surface area (Å²) in [6.07, 6.45) is 3.61. The molecule has 1 fully saturated rings. The summed E-state index contributed by atoms with van der Waals surface area (Å²) in [6.45, 7) is 0.609. The number of fused-ring (bicyclic) bond motifs is 2. The van der Waals surface area contributed by atoms with Gasteiger partial charge in [-0.15, -0.1) is 8.78 Å². The number of pyridine rings is 1. The number of nitrogens with one attached hydrogen (secondary N) is 1. The number of phenolic OH excluding ortho intramolecular Hbond substituents is 1. The molecule has 0 radical (unpaired) electrons. The van der Waals surface area contributed by atoms with Gasteiger partial charge in [-0.05, 0) is 48.6 Å². The first kappa shape index (κ1) is 19.3. The van der Waals surface area contributed by atoms with Crippen LogP contribution in [0.4, 0.5) is 13.2 Å². The van der Waals surface area contributed by atoms with Crippen molar-refractivity contribution >= 4 is 10.8 Å². The summed E-state index contributed by atoms with van der Waals surface area (Å²) in [5.74, 6) is -0.497. The predicted molar refractivity (Wildman–Crippen MR) is 100 cm³/mol. The Hall–Kier alpha value is -3.00. The summed E-state index contributed by atoms with van der Waals surface area (Å²) in [6, 6.07) is 9.29. The molecule has 0 saturated heterocycles. The van der Waals surface area contributed by atoms with Crippen molar-refractivity contribution in [2.24, 2.45) is 0 Å². The van der Waals surface area contributed by atoms with Crippen LogP contribution in [0.3, 0.4) is 0 Å². The molecule has 2 aromatic carbocycles. The van der Waals surface area contributed by atoms with Gasteiger partial charge in [0, 0.05) is 42.0 Å². The quantitative estimate of drug-likeness (QED) is 0.661. The largest absolute Gasteiger partial charge is 0.586 e. The lowest BCUT2D eigenvalue weighted by molar-refractivity contribution is -0.286. The highest BCUT2D eigenvalue weighted by molar-refractivity contribution is 5.84. The van der Waals surface area contributed by atoms with Crippen molar-refractivity contribution in [3.8, 4) is 17.2 Å². The van der Waals surface area contributed by atoms with E-state index in [1.165, 1.54) is 37.5 Å². The first-order valence-corrected chi connectivity index (χ1v) is 9.25. The van der Waals surface area contributed by atoms with Gasteiger partial charge in [-0.3, -0.25) is 4.98 Å². The maximum absolute atomic E-state index is 13.8. The van der Waals surface area contributed by atoms with Gasteiger partial charge in [0.15, 0.2) is 11.5 Å². The van der Waals surface area contributed by atoms with E-state index in [1.807, 2.05) is 6.07 Å². The monoisotopic (exact) mass is 404 g/mol. The van der Waals surface area contributed by atoms with E-state index in [1.54, 1.807) is 18.5 Å². The van der Waals surface area contributed by atoms with E-state index < -0.39 is 6.29 Å². The average molecular weight is 404 g/mol. The summed E-state index contributed by atoms with van der Waals surface area (Å²) < 4.78 is 46.7. The Morgan fingerprint density at radius 3 is 2.66 bits per heavy atom. The van der Waals surface area contributed by atoms with Gasteiger partial charge in [0.1, 0.15) is 11.6 Å². The summed E-state index contributed by atoms with van der Waals surface area (Å²) >= 11 is 0. The van der Waals surface area contributed by atoms with E-state index in [0.29, 0.717) is 12.6 Å². The first-order valence-electron chi connectivity index (χ1n) is 9.25. The fraction of sp³-hybridized carbons (Fsp3) is 0.286. The van der Waals surface area contributed by atoms with E-state index in [4.69, 9.17) is 5.11 Å². The minimum atomic E-state index is -3.61. The average Bonchev–Trinajstić information content (AvgIpc) is 2.95.